The van der Waals surface area contributed by atoms with Crippen LogP contribution in [-0.2, 0) is 118 Å². The van der Waals surface area contributed by atoms with Crippen LogP contribution in [0.1, 0.15) is 49.0 Å². The zero-order chi connectivity index (χ0) is 94.4. The van der Waals surface area contributed by atoms with Gasteiger partial charge in [0.1, 0.15) is 111 Å². The molecule has 4 rings (SSSR count). The zero-order valence-electron chi connectivity index (χ0n) is 84.9. The molecule has 124 heavy (non-hydrogen) atoms. The largest absolute Gasteiger partial charge is 0.463 e. The van der Waals surface area contributed by atoms with Crippen LogP contribution in [0.5, 0.6) is 0 Å². The molecule has 0 saturated carbocycles. The lowest BCUT2D eigenvalue weighted by Gasteiger charge is -2.55. The summed E-state index contributed by atoms with van der Waals surface area (Å²) in [6.45, 7) is 96.2. The fraction of sp³-hybridized carbons (Fsp3) is 0.951. The van der Waals surface area contributed by atoms with E-state index in [0.29, 0.717) is 25.1 Å². The van der Waals surface area contributed by atoms with Crippen LogP contribution in [-0.4, -0.2) is 321 Å². The van der Waals surface area contributed by atoms with Gasteiger partial charge in [0.25, 0.3) is 0 Å². The third kappa shape index (κ3) is 44.4. The Bertz CT molecular complexity index is 3280. The average Bonchev–Trinajstić information content (AvgIpc) is 0.753. The molecular formula is C81H184N2O26Si15. The van der Waals surface area contributed by atoms with Gasteiger partial charge < -0.3 is 109 Å². The van der Waals surface area contributed by atoms with E-state index in [1.54, 1.807) is 23.6 Å². The van der Waals surface area contributed by atoms with Gasteiger partial charge in [-0.3, -0.25) is 19.2 Å². The summed E-state index contributed by atoms with van der Waals surface area (Å²) in [6, 6.07) is 1.19. The molecule has 0 N–H and O–H groups in total. The maximum absolute atomic E-state index is 14.9. The molecule has 43 heteroatoms. The highest BCUT2D eigenvalue weighted by Crippen LogP contribution is 2.44. The average molecular weight is 2020 g/mol. The molecule has 9 unspecified atom stereocenters. The molecule has 734 valence electrons. The Kier molecular flexibility index (Phi) is 45.1. The van der Waals surface area contributed by atoms with Crippen LogP contribution >= 0.6 is 0 Å². The molecule has 2 amide bonds. The van der Waals surface area contributed by atoms with Crippen LogP contribution in [0.4, 0.5) is 0 Å². The van der Waals surface area contributed by atoms with E-state index in [1.165, 1.54) is 13.8 Å². The third-order valence-corrected chi connectivity index (χ3v) is 41.9. The number of hydrogen-bond donors (Lipinski definition) is 0. The molecule has 4 fully saturated rings. The molecule has 0 aromatic carbocycles. The van der Waals surface area contributed by atoms with Gasteiger partial charge in [-0.25, -0.2) is 0 Å². The van der Waals surface area contributed by atoms with Crippen molar-refractivity contribution < 1.29 is 118 Å². The lowest BCUT2D eigenvalue weighted by molar-refractivity contribution is -0.339. The van der Waals surface area contributed by atoms with Crippen molar-refractivity contribution in [1.82, 2.24) is 9.80 Å². The molecule has 0 aliphatic carbocycles. The van der Waals surface area contributed by atoms with E-state index < -0.39 is 260 Å². The Morgan fingerprint density at radius 2 is 0.500 bits per heavy atom. The minimum Gasteiger partial charge on any atom is -0.463 e. The van der Waals surface area contributed by atoms with Gasteiger partial charge in [-0.05, 0) is 293 Å². The van der Waals surface area contributed by atoms with Gasteiger partial charge in [-0.15, -0.1) is 0 Å². The van der Waals surface area contributed by atoms with E-state index in [4.69, 9.17) is 99.2 Å². The van der Waals surface area contributed by atoms with Crippen LogP contribution in [0.2, 0.25) is 287 Å². The minimum absolute atomic E-state index is 0. The molecular weight excluding hydrogens is 1840 g/mol. The van der Waals surface area contributed by atoms with Gasteiger partial charge in [0, 0.05) is 40.8 Å². The second-order valence-corrected chi connectivity index (χ2v) is 113. The first kappa shape index (κ1) is 120. The number of ether oxygens (including phenoxy) is 8. The Balaban J connectivity index is 0.0000260. The number of rotatable bonds is 47. The summed E-state index contributed by atoms with van der Waals surface area (Å²) >= 11 is 0. The normalized spacial score (nSPS) is 28.6. The van der Waals surface area contributed by atoms with Gasteiger partial charge in [0.05, 0.1) is 13.2 Å². The van der Waals surface area contributed by atoms with Crippen molar-refractivity contribution in [3.63, 3.8) is 0 Å². The second-order valence-electron chi connectivity index (χ2n) is 47.2. The van der Waals surface area contributed by atoms with Crippen LogP contribution in [0.25, 0.3) is 0 Å². The molecule has 20 atom stereocenters. The van der Waals surface area contributed by atoms with Gasteiger partial charge in [0.2, 0.25) is 11.8 Å². The Morgan fingerprint density at radius 3 is 0.758 bits per heavy atom. The molecule has 0 bridgehead atoms. The Hall–Kier alpha value is 0.333. The van der Waals surface area contributed by atoms with E-state index in [0.717, 1.165) is 0 Å². The van der Waals surface area contributed by atoms with Crippen LogP contribution in [0.3, 0.4) is 0 Å². The van der Waals surface area contributed by atoms with E-state index in [-0.39, 0.29) is 59.6 Å². The van der Waals surface area contributed by atoms with Crippen molar-refractivity contribution in [2.75, 3.05) is 39.5 Å². The predicted octanol–water partition coefficient (Wildman–Crippen LogP) is 18.2. The van der Waals surface area contributed by atoms with E-state index in [2.05, 4.69) is 275 Å². The Morgan fingerprint density at radius 1 is 0.266 bits per heavy atom. The van der Waals surface area contributed by atoms with Crippen molar-refractivity contribution in [3.8, 4) is 0 Å². The number of nitrogens with zero attached hydrogens (tertiary/aromatic N) is 2. The summed E-state index contributed by atoms with van der Waals surface area (Å²) in [4.78, 5) is 58.7. The van der Waals surface area contributed by atoms with Gasteiger partial charge in [-0.1, -0.05) is 14.9 Å². The van der Waals surface area contributed by atoms with Crippen molar-refractivity contribution in [2.24, 2.45) is 0 Å². The molecule has 28 nitrogen and oxygen atoms in total. The Labute approximate surface area is 769 Å². The summed E-state index contributed by atoms with van der Waals surface area (Å²) in [7, 11) is -37.8. The predicted molar refractivity (Wildman–Crippen MR) is 536 cm³/mol. The fourth-order valence-electron chi connectivity index (χ4n) is 15.4. The van der Waals surface area contributed by atoms with Gasteiger partial charge in [-0.2, -0.15) is 0 Å². The first-order chi connectivity index (χ1) is 54.4. The highest BCUT2D eigenvalue weighted by atomic mass is 28.5. The summed E-state index contributed by atoms with van der Waals surface area (Å²) in [6.07, 6.45) is -16.4. The number of hydrogen-bond acceptors (Lipinski definition) is 26. The van der Waals surface area contributed by atoms with Crippen molar-refractivity contribution in [1.29, 1.82) is 0 Å². The molecule has 4 aliphatic rings. The van der Waals surface area contributed by atoms with E-state index >= 15 is 0 Å². The topological polar surface area (TPSA) is 278 Å². The summed E-state index contributed by atoms with van der Waals surface area (Å²) in [5.41, 5.74) is 0. The van der Waals surface area contributed by atoms with Gasteiger partial charge in [0.15, 0.2) is 141 Å². The third-order valence-electron chi connectivity index (χ3n) is 18.7. The monoisotopic (exact) mass is 2020 g/mol. The molecule has 0 aromatic rings. The first-order valence-corrected chi connectivity index (χ1v) is 94.5. The number of esters is 2. The summed E-state index contributed by atoms with van der Waals surface area (Å²) in [5, 5.41) is 0. The van der Waals surface area contributed by atoms with Crippen molar-refractivity contribution in [2.45, 2.75) is 459 Å². The van der Waals surface area contributed by atoms with Crippen LogP contribution < -0.4 is 0 Å². The van der Waals surface area contributed by atoms with Crippen molar-refractivity contribution in [3.05, 3.63) is 0 Å². The lowest BCUT2D eigenvalue weighted by atomic mass is 9.96. The molecule has 0 aromatic heterocycles. The number of carbonyl (C=O) groups is 4. The zero-order valence-corrected chi connectivity index (χ0v) is 99.9. The molecule has 4 saturated heterocycles. The standard InChI is InChI=1S/C79H176N2O26Si15.2CH4/c1-56(82)80(76-72(102-116(29,30)31)68(98-112(17,18)19)64(62(90-76)54-88-108(5,6)7)94-78-74(104-118(35,36)37)70(100-114(23,24)25)66(96-110(11,12)13)60(92-78)52-86-58(3)84)48-47-50-120(41,42)106-122(45,46)107-121(43,44)51-49-81(57(2)83)77-73(103-117(32,33)34)69(99-113(20,21)22)65(63(91-77)55-89-109(8,9)10)95-79-75(105-119(38,39)40)71(101-115(26,27)28)67(97-111(14,15)16)61(93-79)53-87-59(4)85;;/h60-79H,47-55H2,1-46H3;2*1H4/t60?,61?,62?,63-,64-,65+,66+,67+,68?,69?,70?,71-,72?,73?,74+,75?,76-,77+,78+,79-;;/m0../s1. The highest BCUT2D eigenvalue weighted by molar-refractivity contribution is 6.88. The smallest absolute Gasteiger partial charge is 0.311 e. The number of carbonyl (C=O) groups excluding carboxylic acids is 4. The quantitative estimate of drug-likeness (QED) is 0.0404. The molecule has 0 radical (unpaired) electrons. The molecule has 4 heterocycles. The van der Waals surface area contributed by atoms with Crippen LogP contribution in [0, 0.1) is 0 Å². The summed E-state index contributed by atoms with van der Waals surface area (Å²) < 4.78 is 158. The van der Waals surface area contributed by atoms with E-state index in [1.807, 2.05) is 0 Å². The van der Waals surface area contributed by atoms with Crippen molar-refractivity contribution >= 4 is 149 Å². The second kappa shape index (κ2) is 46.5. The number of amides is 2. The minimum atomic E-state index is -3.00. The SMILES string of the molecule is C.C.CC(=O)OCC1O[C@H](O[C@H]2C(CO[Si](C)(C)C)O[C@H](N(CCC[Si](C)(C)O[Si](C)(C)O[Si](C)(C)CCN(C(C)=O)[C@@H]3O[C@@H](CO[Si](C)(C)C)[C@@H](O[C@@H]4OC(COC(C)=O)[C@@H](O[Si](C)(C)C)[C@H](O[Si](C)(C)C)C4O[Si](C)(C)C)C(O[Si](C)(C)C)C3O[Si](C)(C)C)C(C)=O)C(O[Si](C)(C)C)C2O[Si](C)(C)C)[C@H](O[Si](C)(C)C)C(O[Si](C)(C)C)[C@@H]1O[Si](C)(C)C. The fourth-order valence-corrected chi connectivity index (χ4v) is 41.3. The highest BCUT2D eigenvalue weighted by Gasteiger charge is 2.62. The van der Waals surface area contributed by atoms with Gasteiger partial charge >= 0.3 is 20.5 Å². The van der Waals surface area contributed by atoms with E-state index in [9.17, 15) is 19.2 Å². The first-order valence-electron chi connectivity index (χ1n) is 44.6. The lowest BCUT2D eigenvalue weighted by Crippen LogP contribution is -2.71. The van der Waals surface area contributed by atoms with Crippen LogP contribution in [0.15, 0.2) is 0 Å². The maximum Gasteiger partial charge on any atom is 0.311 e. The summed E-state index contributed by atoms with van der Waals surface area (Å²) in [5.74, 6) is -1.33. The molecule has 4 aliphatic heterocycles. The molecule has 0 spiro atoms. The maximum atomic E-state index is 14.9.